The van der Waals surface area contributed by atoms with Gasteiger partial charge in [0.1, 0.15) is 11.0 Å². The molecule has 0 aromatic heterocycles. The molecule has 5 nitrogen and oxygen atoms in total. The van der Waals surface area contributed by atoms with Gasteiger partial charge in [-0.15, -0.1) is 0 Å². The summed E-state index contributed by atoms with van der Waals surface area (Å²) in [5.74, 6) is 0. The van der Waals surface area contributed by atoms with Crippen molar-refractivity contribution < 1.29 is 22.5 Å². The van der Waals surface area contributed by atoms with E-state index in [1.807, 2.05) is 0 Å². The quantitative estimate of drug-likeness (QED) is 0.595. The average molecular weight is 228 g/mol. The highest BCUT2D eigenvalue weighted by molar-refractivity contribution is 7.85. The SMILES string of the molecule is O=CC1OCc2cccc(S(=O)(=O)O)c21. The van der Waals surface area contributed by atoms with E-state index in [0.29, 0.717) is 11.8 Å². The smallest absolute Gasteiger partial charge is 0.294 e. The number of aldehydes is 1. The van der Waals surface area contributed by atoms with Crippen molar-refractivity contribution in [3.05, 3.63) is 29.3 Å². The maximum absolute atomic E-state index is 11.0. The molecule has 15 heavy (non-hydrogen) atoms. The van der Waals surface area contributed by atoms with Gasteiger partial charge in [-0.05, 0) is 11.6 Å². The molecule has 1 N–H and O–H groups in total. The zero-order chi connectivity index (χ0) is 11.1. The van der Waals surface area contributed by atoms with Crippen LogP contribution in [0.25, 0.3) is 0 Å². The Kier molecular flexibility index (Phi) is 2.34. The fourth-order valence-corrected chi connectivity index (χ4v) is 2.41. The predicted octanol–water partition coefficient (Wildman–Crippen LogP) is 0.704. The molecule has 1 heterocycles. The molecule has 1 unspecified atom stereocenters. The lowest BCUT2D eigenvalue weighted by molar-refractivity contribution is -0.117. The highest BCUT2D eigenvalue weighted by atomic mass is 32.2. The van der Waals surface area contributed by atoms with Crippen molar-refractivity contribution in [2.75, 3.05) is 0 Å². The maximum atomic E-state index is 11.0. The van der Waals surface area contributed by atoms with Gasteiger partial charge in [0.05, 0.1) is 6.61 Å². The molecule has 1 aromatic rings. The summed E-state index contributed by atoms with van der Waals surface area (Å²) in [6, 6.07) is 4.41. The third kappa shape index (κ3) is 1.67. The van der Waals surface area contributed by atoms with E-state index in [2.05, 4.69) is 0 Å². The molecule has 6 heteroatoms. The Morgan fingerprint density at radius 2 is 2.20 bits per heavy atom. The van der Waals surface area contributed by atoms with E-state index < -0.39 is 16.2 Å². The van der Waals surface area contributed by atoms with Crippen molar-refractivity contribution in [1.29, 1.82) is 0 Å². The minimum Gasteiger partial charge on any atom is -0.361 e. The van der Waals surface area contributed by atoms with Crippen LogP contribution in [0.4, 0.5) is 0 Å². The summed E-state index contributed by atoms with van der Waals surface area (Å²) in [7, 11) is -4.31. The fourth-order valence-electron chi connectivity index (χ4n) is 1.63. The van der Waals surface area contributed by atoms with Crippen LogP contribution in [0.3, 0.4) is 0 Å². The summed E-state index contributed by atoms with van der Waals surface area (Å²) >= 11 is 0. The van der Waals surface area contributed by atoms with Gasteiger partial charge in [0.15, 0.2) is 6.29 Å². The summed E-state index contributed by atoms with van der Waals surface area (Å²) < 4.78 is 36.1. The van der Waals surface area contributed by atoms with E-state index in [4.69, 9.17) is 9.29 Å². The Morgan fingerprint density at radius 3 is 2.80 bits per heavy atom. The molecule has 0 saturated heterocycles. The minimum atomic E-state index is -4.31. The second-order valence-corrected chi connectivity index (χ2v) is 4.56. The highest BCUT2D eigenvalue weighted by Crippen LogP contribution is 2.34. The van der Waals surface area contributed by atoms with Gasteiger partial charge in [-0.3, -0.25) is 4.55 Å². The molecule has 0 radical (unpaired) electrons. The first-order valence-corrected chi connectivity index (χ1v) is 5.64. The topological polar surface area (TPSA) is 80.7 Å². The molecule has 1 aliphatic rings. The van der Waals surface area contributed by atoms with Gasteiger partial charge < -0.3 is 9.53 Å². The van der Waals surface area contributed by atoms with Crippen LogP contribution in [0.15, 0.2) is 23.1 Å². The Balaban J connectivity index is 2.69. The van der Waals surface area contributed by atoms with Gasteiger partial charge in [-0.25, -0.2) is 0 Å². The van der Waals surface area contributed by atoms with Gasteiger partial charge in [0.2, 0.25) is 0 Å². The van der Waals surface area contributed by atoms with Gasteiger partial charge in [-0.1, -0.05) is 12.1 Å². The molecule has 0 fully saturated rings. The van der Waals surface area contributed by atoms with Crippen LogP contribution in [0.1, 0.15) is 17.2 Å². The lowest BCUT2D eigenvalue weighted by Gasteiger charge is -2.06. The Hall–Kier alpha value is -1.24. The number of hydrogen-bond acceptors (Lipinski definition) is 4. The number of benzene rings is 1. The van der Waals surface area contributed by atoms with Crippen molar-refractivity contribution in [2.24, 2.45) is 0 Å². The van der Waals surface area contributed by atoms with Crippen molar-refractivity contribution in [2.45, 2.75) is 17.6 Å². The molecule has 0 spiro atoms. The van der Waals surface area contributed by atoms with Crippen LogP contribution < -0.4 is 0 Å². The highest BCUT2D eigenvalue weighted by Gasteiger charge is 2.29. The summed E-state index contributed by atoms with van der Waals surface area (Å²) in [6.07, 6.45) is -0.390. The maximum Gasteiger partial charge on any atom is 0.294 e. The Bertz CT molecular complexity index is 505. The number of ether oxygens (including phenoxy) is 1. The Labute approximate surface area is 86.4 Å². The third-order valence-corrected chi connectivity index (χ3v) is 3.17. The van der Waals surface area contributed by atoms with Crippen LogP contribution in [-0.4, -0.2) is 19.3 Å². The van der Waals surface area contributed by atoms with E-state index in [1.54, 1.807) is 6.07 Å². The van der Waals surface area contributed by atoms with Gasteiger partial charge in [0.25, 0.3) is 10.1 Å². The number of carbonyl (C=O) groups is 1. The van der Waals surface area contributed by atoms with Crippen LogP contribution >= 0.6 is 0 Å². The molecule has 0 saturated carbocycles. The van der Waals surface area contributed by atoms with Gasteiger partial charge >= 0.3 is 0 Å². The largest absolute Gasteiger partial charge is 0.361 e. The summed E-state index contributed by atoms with van der Waals surface area (Å²) in [5.41, 5.74) is 0.859. The fraction of sp³-hybridized carbons (Fsp3) is 0.222. The van der Waals surface area contributed by atoms with Crippen molar-refractivity contribution in [3.8, 4) is 0 Å². The first kappa shape index (κ1) is 10.3. The first-order chi connectivity index (χ1) is 7.04. The number of fused-ring (bicyclic) bond motifs is 1. The summed E-state index contributed by atoms with van der Waals surface area (Å²) in [6.45, 7) is 0.183. The van der Waals surface area contributed by atoms with E-state index in [1.165, 1.54) is 12.1 Å². The molecule has 80 valence electrons. The molecule has 1 aromatic carbocycles. The Morgan fingerprint density at radius 1 is 1.47 bits per heavy atom. The number of carbonyl (C=O) groups excluding carboxylic acids is 1. The van der Waals surface area contributed by atoms with E-state index in [0.717, 1.165) is 0 Å². The third-order valence-electron chi connectivity index (χ3n) is 2.26. The van der Waals surface area contributed by atoms with Crippen LogP contribution in [0.5, 0.6) is 0 Å². The molecule has 0 amide bonds. The van der Waals surface area contributed by atoms with Crippen LogP contribution in [0.2, 0.25) is 0 Å². The summed E-state index contributed by atoms with van der Waals surface area (Å²) in [5, 5.41) is 0. The van der Waals surface area contributed by atoms with Crippen LogP contribution in [0, 0.1) is 0 Å². The second-order valence-electron chi connectivity index (χ2n) is 3.17. The molecule has 0 aliphatic carbocycles. The molecule has 1 aliphatic heterocycles. The molecule has 0 bridgehead atoms. The van der Waals surface area contributed by atoms with E-state index >= 15 is 0 Å². The lowest BCUT2D eigenvalue weighted by atomic mass is 10.1. The average Bonchev–Trinajstić information content (AvgIpc) is 2.58. The zero-order valence-corrected chi connectivity index (χ0v) is 8.40. The van der Waals surface area contributed by atoms with Crippen molar-refractivity contribution in [1.82, 2.24) is 0 Å². The van der Waals surface area contributed by atoms with E-state index in [-0.39, 0.29) is 17.1 Å². The van der Waals surface area contributed by atoms with Gasteiger partial charge in [-0.2, -0.15) is 8.42 Å². The molecule has 1 atom stereocenters. The zero-order valence-electron chi connectivity index (χ0n) is 7.58. The van der Waals surface area contributed by atoms with Crippen molar-refractivity contribution in [3.63, 3.8) is 0 Å². The molecular formula is C9H8O5S. The van der Waals surface area contributed by atoms with Crippen LogP contribution in [-0.2, 0) is 26.3 Å². The molecule has 2 rings (SSSR count). The number of rotatable bonds is 2. The first-order valence-electron chi connectivity index (χ1n) is 4.20. The second kappa shape index (κ2) is 3.41. The minimum absolute atomic E-state index is 0.183. The molecular weight excluding hydrogens is 220 g/mol. The van der Waals surface area contributed by atoms with Crippen molar-refractivity contribution >= 4 is 16.4 Å². The van der Waals surface area contributed by atoms with Gasteiger partial charge in [0, 0.05) is 5.56 Å². The van der Waals surface area contributed by atoms with E-state index in [9.17, 15) is 13.2 Å². The summed E-state index contributed by atoms with van der Waals surface area (Å²) in [4.78, 5) is 10.4. The standard InChI is InChI=1S/C9H8O5S/c10-4-7-9-6(5-14-7)2-1-3-8(9)15(11,12)13/h1-4,7H,5H2,(H,11,12,13). The number of hydrogen-bond donors (Lipinski definition) is 1. The lowest BCUT2D eigenvalue weighted by Crippen LogP contribution is -2.06. The monoisotopic (exact) mass is 228 g/mol. The normalized spacial score (nSPS) is 19.9. The predicted molar refractivity (Wildman–Crippen MR) is 49.9 cm³/mol.